The van der Waals surface area contributed by atoms with E-state index in [9.17, 15) is 0 Å². The Labute approximate surface area is 96.3 Å². The first-order valence-corrected chi connectivity index (χ1v) is 5.60. The fourth-order valence-corrected chi connectivity index (χ4v) is 1.86. The van der Waals surface area contributed by atoms with Crippen LogP contribution in [0, 0.1) is 28.6 Å². The SMILES string of the molecule is CCc1n(CC)cc[n+]1CC(C#N)CC#N. The normalized spacial score (nSPS) is 11.8. The van der Waals surface area contributed by atoms with Crippen molar-refractivity contribution in [3.05, 3.63) is 18.2 Å². The molecule has 0 aromatic carbocycles. The fourth-order valence-electron chi connectivity index (χ4n) is 1.86. The molecule has 0 amide bonds. The maximum absolute atomic E-state index is 8.92. The quantitative estimate of drug-likeness (QED) is 0.700. The summed E-state index contributed by atoms with van der Waals surface area (Å²) in [6, 6.07) is 4.23. The van der Waals surface area contributed by atoms with Crippen LogP contribution in [0.15, 0.2) is 12.4 Å². The Bertz CT molecular complexity index is 419. The zero-order valence-corrected chi connectivity index (χ0v) is 9.85. The second kappa shape index (κ2) is 5.92. The molecule has 4 nitrogen and oxygen atoms in total. The maximum Gasteiger partial charge on any atom is 0.256 e. The van der Waals surface area contributed by atoms with Gasteiger partial charge < -0.3 is 0 Å². The lowest BCUT2D eigenvalue weighted by Crippen LogP contribution is -2.40. The number of hydrogen-bond acceptors (Lipinski definition) is 2. The number of nitrogens with zero attached hydrogens (tertiary/aromatic N) is 4. The van der Waals surface area contributed by atoms with Crippen molar-refractivity contribution in [2.75, 3.05) is 0 Å². The molecule has 1 atom stereocenters. The van der Waals surface area contributed by atoms with E-state index in [1.807, 2.05) is 12.4 Å². The molecule has 16 heavy (non-hydrogen) atoms. The van der Waals surface area contributed by atoms with Gasteiger partial charge in [0.05, 0.1) is 31.0 Å². The third-order valence-electron chi connectivity index (χ3n) is 2.68. The molecule has 0 saturated carbocycles. The predicted molar refractivity (Wildman–Crippen MR) is 59.0 cm³/mol. The van der Waals surface area contributed by atoms with Crippen LogP contribution in [0.5, 0.6) is 0 Å². The minimum absolute atomic E-state index is 0.215. The van der Waals surface area contributed by atoms with Crippen molar-refractivity contribution in [2.45, 2.75) is 39.8 Å². The highest BCUT2D eigenvalue weighted by molar-refractivity contribution is 4.89. The number of nitriles is 2. The second-order valence-corrected chi connectivity index (χ2v) is 3.69. The third-order valence-corrected chi connectivity index (χ3v) is 2.68. The minimum Gasteiger partial charge on any atom is -0.235 e. The summed E-state index contributed by atoms with van der Waals surface area (Å²) in [4.78, 5) is 0. The van der Waals surface area contributed by atoms with Gasteiger partial charge >= 0.3 is 0 Å². The lowest BCUT2D eigenvalue weighted by molar-refractivity contribution is -0.707. The van der Waals surface area contributed by atoms with Crippen LogP contribution in [-0.2, 0) is 19.5 Å². The topological polar surface area (TPSA) is 56.4 Å². The number of rotatable bonds is 5. The molecule has 4 heteroatoms. The van der Waals surface area contributed by atoms with E-state index >= 15 is 0 Å². The van der Waals surface area contributed by atoms with Crippen LogP contribution in [0.4, 0.5) is 0 Å². The lowest BCUT2D eigenvalue weighted by Gasteiger charge is -2.04. The van der Waals surface area contributed by atoms with Gasteiger partial charge in [-0.25, -0.2) is 9.13 Å². The smallest absolute Gasteiger partial charge is 0.235 e. The van der Waals surface area contributed by atoms with Crippen LogP contribution in [0.2, 0.25) is 0 Å². The molecule has 0 N–H and O–H groups in total. The first-order chi connectivity index (χ1) is 7.76. The Morgan fingerprint density at radius 1 is 1.44 bits per heavy atom. The van der Waals surface area contributed by atoms with E-state index in [-0.39, 0.29) is 5.92 Å². The number of hydrogen-bond donors (Lipinski definition) is 0. The van der Waals surface area contributed by atoms with Gasteiger partial charge in [-0.1, -0.05) is 6.92 Å². The summed E-state index contributed by atoms with van der Waals surface area (Å²) in [5.41, 5.74) is 0. The molecule has 0 radical (unpaired) electrons. The number of imidazole rings is 1. The Morgan fingerprint density at radius 2 is 2.19 bits per heavy atom. The highest BCUT2D eigenvalue weighted by atomic mass is 15.1. The summed E-state index contributed by atoms with van der Waals surface area (Å²) in [6.45, 7) is 5.75. The van der Waals surface area contributed by atoms with Gasteiger partial charge in [0.15, 0.2) is 0 Å². The van der Waals surface area contributed by atoms with Gasteiger partial charge in [-0.05, 0) is 6.92 Å². The van der Waals surface area contributed by atoms with Gasteiger partial charge in [0, 0.05) is 6.42 Å². The molecule has 0 fully saturated rings. The van der Waals surface area contributed by atoms with Crippen molar-refractivity contribution in [1.82, 2.24) is 4.57 Å². The first kappa shape index (κ1) is 12.3. The van der Waals surface area contributed by atoms with Crippen molar-refractivity contribution in [2.24, 2.45) is 5.92 Å². The largest absolute Gasteiger partial charge is 0.256 e. The summed E-state index contributed by atoms with van der Waals surface area (Å²) in [7, 11) is 0. The standard InChI is InChI=1S/C12H17N4/c1-3-12-15(4-2)7-8-16(12)10-11(9-14)5-6-13/h7-8,11H,3-5,10H2,1-2H3/q+1. The number of aromatic nitrogens is 2. The molecule has 0 bridgehead atoms. The molecule has 1 rings (SSSR count). The minimum atomic E-state index is -0.215. The predicted octanol–water partition coefficient (Wildman–Crippen LogP) is 1.41. The molecule has 1 unspecified atom stereocenters. The van der Waals surface area contributed by atoms with Crippen LogP contribution in [0.1, 0.15) is 26.1 Å². The van der Waals surface area contributed by atoms with Crippen LogP contribution < -0.4 is 4.57 Å². The Kier molecular flexibility index (Phi) is 4.54. The van der Waals surface area contributed by atoms with E-state index in [2.05, 4.69) is 35.1 Å². The van der Waals surface area contributed by atoms with Gasteiger partial charge in [-0.3, -0.25) is 0 Å². The van der Waals surface area contributed by atoms with E-state index in [0.717, 1.165) is 13.0 Å². The highest BCUT2D eigenvalue weighted by Gasteiger charge is 2.18. The molecule has 0 spiro atoms. The monoisotopic (exact) mass is 217 g/mol. The van der Waals surface area contributed by atoms with Crippen LogP contribution in [-0.4, -0.2) is 4.57 Å². The second-order valence-electron chi connectivity index (χ2n) is 3.69. The fraction of sp³-hybridized carbons (Fsp3) is 0.583. The average Bonchev–Trinajstić information content (AvgIpc) is 2.70. The van der Waals surface area contributed by atoms with E-state index in [1.165, 1.54) is 5.82 Å². The average molecular weight is 217 g/mol. The van der Waals surface area contributed by atoms with Crippen molar-refractivity contribution in [3.8, 4) is 12.1 Å². The van der Waals surface area contributed by atoms with Crippen molar-refractivity contribution in [3.63, 3.8) is 0 Å². The summed E-state index contributed by atoms with van der Waals surface area (Å²) >= 11 is 0. The van der Waals surface area contributed by atoms with Gasteiger partial charge in [0.2, 0.25) is 0 Å². The third kappa shape index (κ3) is 2.61. The summed E-state index contributed by atoms with van der Waals surface area (Å²) in [5.74, 6) is 0.994. The van der Waals surface area contributed by atoms with Crippen LogP contribution in [0.25, 0.3) is 0 Å². The molecule has 0 saturated heterocycles. The van der Waals surface area contributed by atoms with Gasteiger partial charge in [0.25, 0.3) is 5.82 Å². The molecule has 84 valence electrons. The van der Waals surface area contributed by atoms with E-state index in [1.54, 1.807) is 0 Å². The van der Waals surface area contributed by atoms with E-state index in [4.69, 9.17) is 10.5 Å². The van der Waals surface area contributed by atoms with E-state index < -0.39 is 0 Å². The number of aryl methyl sites for hydroxylation is 1. The molecule has 1 aromatic heterocycles. The molecular weight excluding hydrogens is 200 g/mol. The highest BCUT2D eigenvalue weighted by Crippen LogP contribution is 2.03. The lowest BCUT2D eigenvalue weighted by atomic mass is 10.1. The molecule has 1 heterocycles. The van der Waals surface area contributed by atoms with Crippen LogP contribution >= 0.6 is 0 Å². The summed E-state index contributed by atoms with van der Waals surface area (Å²) < 4.78 is 4.25. The van der Waals surface area contributed by atoms with Crippen LogP contribution in [0.3, 0.4) is 0 Å². The molecular formula is C12H17N4+. The van der Waals surface area contributed by atoms with E-state index in [0.29, 0.717) is 13.0 Å². The Morgan fingerprint density at radius 3 is 2.69 bits per heavy atom. The Balaban J connectivity index is 2.85. The van der Waals surface area contributed by atoms with Gasteiger partial charge in [-0.2, -0.15) is 10.5 Å². The first-order valence-electron chi connectivity index (χ1n) is 5.60. The molecule has 0 aliphatic rings. The Hall–Kier alpha value is -1.81. The van der Waals surface area contributed by atoms with Crippen molar-refractivity contribution < 1.29 is 4.57 Å². The van der Waals surface area contributed by atoms with Gasteiger partial charge in [0.1, 0.15) is 18.9 Å². The molecule has 1 aromatic rings. The molecule has 0 aliphatic heterocycles. The summed E-state index contributed by atoms with van der Waals surface area (Å²) in [5, 5.41) is 17.5. The van der Waals surface area contributed by atoms with Crippen molar-refractivity contribution >= 4 is 0 Å². The maximum atomic E-state index is 8.92. The zero-order valence-electron chi connectivity index (χ0n) is 9.85. The van der Waals surface area contributed by atoms with Crippen molar-refractivity contribution in [1.29, 1.82) is 10.5 Å². The van der Waals surface area contributed by atoms with Gasteiger partial charge in [-0.15, -0.1) is 0 Å². The summed E-state index contributed by atoms with van der Waals surface area (Å²) in [6.07, 6.45) is 5.25. The molecule has 0 aliphatic carbocycles. The zero-order chi connectivity index (χ0) is 12.0.